The van der Waals surface area contributed by atoms with Crippen molar-refractivity contribution in [3.05, 3.63) is 65.4 Å². The molecular formula is C23H27NO2. The molecule has 0 N–H and O–H groups in total. The topological polar surface area (TPSA) is 31.4 Å². The number of hydrogen-bond donors (Lipinski definition) is 0. The molecule has 0 aliphatic rings. The minimum absolute atomic E-state index is 0.878. The first-order valence-electron chi connectivity index (χ1n) is 9.32. The summed E-state index contributed by atoms with van der Waals surface area (Å²) in [4.78, 5) is 4.46. The predicted octanol–water partition coefficient (Wildman–Crippen LogP) is 5.38. The van der Waals surface area contributed by atoms with E-state index in [2.05, 4.69) is 42.2 Å². The summed E-state index contributed by atoms with van der Waals surface area (Å²) in [5.41, 5.74) is 4.97. The first-order valence-corrected chi connectivity index (χ1v) is 9.32. The standard InChI is InChI=1S/C23H27NO2/c1-4-6-19-10-9-17(15-23(19)26-3)7-5-8-18-13-14-24-22-12-11-20(25-2)16-21(18)22/h9-16H,4-8H2,1-3H3. The highest BCUT2D eigenvalue weighted by molar-refractivity contribution is 5.83. The van der Waals surface area contributed by atoms with Crippen LogP contribution >= 0.6 is 0 Å². The Balaban J connectivity index is 1.71. The SMILES string of the molecule is CCCc1ccc(CCCc2ccnc3ccc(OC)cc23)cc1OC. The van der Waals surface area contributed by atoms with E-state index in [0.717, 1.165) is 49.1 Å². The molecule has 3 nitrogen and oxygen atoms in total. The Morgan fingerprint density at radius 1 is 0.846 bits per heavy atom. The molecule has 136 valence electrons. The second-order valence-electron chi connectivity index (χ2n) is 6.60. The zero-order chi connectivity index (χ0) is 18.4. The fourth-order valence-electron chi connectivity index (χ4n) is 3.43. The highest BCUT2D eigenvalue weighted by Gasteiger charge is 2.06. The molecule has 3 rings (SSSR count). The lowest BCUT2D eigenvalue weighted by molar-refractivity contribution is 0.409. The number of aromatic nitrogens is 1. The molecule has 0 spiro atoms. The van der Waals surface area contributed by atoms with Gasteiger partial charge in [0.1, 0.15) is 11.5 Å². The molecule has 1 heterocycles. The van der Waals surface area contributed by atoms with Crippen molar-refractivity contribution < 1.29 is 9.47 Å². The van der Waals surface area contributed by atoms with Gasteiger partial charge in [0.05, 0.1) is 19.7 Å². The number of aryl methyl sites for hydroxylation is 3. The summed E-state index contributed by atoms with van der Waals surface area (Å²) in [5.74, 6) is 1.89. The van der Waals surface area contributed by atoms with E-state index >= 15 is 0 Å². The Bertz CT molecular complexity index is 873. The maximum atomic E-state index is 5.56. The largest absolute Gasteiger partial charge is 0.497 e. The van der Waals surface area contributed by atoms with E-state index in [1.54, 1.807) is 14.2 Å². The first-order chi connectivity index (χ1) is 12.7. The van der Waals surface area contributed by atoms with Crippen molar-refractivity contribution in [1.29, 1.82) is 0 Å². The second-order valence-corrected chi connectivity index (χ2v) is 6.60. The van der Waals surface area contributed by atoms with Crippen molar-refractivity contribution in [2.45, 2.75) is 39.0 Å². The average molecular weight is 349 g/mol. The molecule has 0 saturated carbocycles. The van der Waals surface area contributed by atoms with E-state index in [0.29, 0.717) is 0 Å². The van der Waals surface area contributed by atoms with Crippen LogP contribution < -0.4 is 9.47 Å². The van der Waals surface area contributed by atoms with Gasteiger partial charge in [-0.1, -0.05) is 25.5 Å². The Labute approximate surface area is 156 Å². The fourth-order valence-corrected chi connectivity index (χ4v) is 3.43. The van der Waals surface area contributed by atoms with Gasteiger partial charge in [-0.3, -0.25) is 4.98 Å². The molecule has 0 aliphatic heterocycles. The fraction of sp³-hybridized carbons (Fsp3) is 0.348. The monoisotopic (exact) mass is 349 g/mol. The van der Waals surface area contributed by atoms with Crippen LogP contribution in [0.5, 0.6) is 11.5 Å². The van der Waals surface area contributed by atoms with Crippen LogP contribution in [0, 0.1) is 0 Å². The van der Waals surface area contributed by atoms with Gasteiger partial charge in [0, 0.05) is 11.6 Å². The second kappa shape index (κ2) is 8.70. The number of rotatable bonds is 8. The van der Waals surface area contributed by atoms with Gasteiger partial charge in [0.2, 0.25) is 0 Å². The molecular weight excluding hydrogens is 322 g/mol. The van der Waals surface area contributed by atoms with Crippen LogP contribution in [0.3, 0.4) is 0 Å². The number of fused-ring (bicyclic) bond motifs is 1. The molecule has 0 bridgehead atoms. The maximum Gasteiger partial charge on any atom is 0.122 e. The molecule has 3 heteroatoms. The van der Waals surface area contributed by atoms with E-state index in [-0.39, 0.29) is 0 Å². The molecule has 2 aromatic carbocycles. The third-order valence-electron chi connectivity index (χ3n) is 4.82. The highest BCUT2D eigenvalue weighted by Crippen LogP contribution is 2.25. The van der Waals surface area contributed by atoms with Crippen LogP contribution in [0.15, 0.2) is 48.7 Å². The minimum atomic E-state index is 0.878. The van der Waals surface area contributed by atoms with E-state index in [1.165, 1.54) is 22.1 Å². The van der Waals surface area contributed by atoms with Gasteiger partial charge in [-0.25, -0.2) is 0 Å². The number of ether oxygens (including phenoxy) is 2. The van der Waals surface area contributed by atoms with Crippen LogP contribution in [0.4, 0.5) is 0 Å². The third-order valence-corrected chi connectivity index (χ3v) is 4.82. The van der Waals surface area contributed by atoms with Gasteiger partial charge >= 0.3 is 0 Å². The van der Waals surface area contributed by atoms with Gasteiger partial charge in [-0.05, 0) is 72.7 Å². The number of pyridine rings is 1. The smallest absolute Gasteiger partial charge is 0.122 e. The molecule has 0 atom stereocenters. The van der Waals surface area contributed by atoms with Crippen LogP contribution in [0.1, 0.15) is 36.5 Å². The first kappa shape index (κ1) is 18.2. The zero-order valence-corrected chi connectivity index (χ0v) is 15.9. The summed E-state index contributed by atoms with van der Waals surface area (Å²) < 4.78 is 10.9. The minimum Gasteiger partial charge on any atom is -0.497 e. The van der Waals surface area contributed by atoms with Crippen molar-refractivity contribution in [2.24, 2.45) is 0 Å². The maximum absolute atomic E-state index is 5.56. The molecule has 0 amide bonds. The van der Waals surface area contributed by atoms with Crippen molar-refractivity contribution in [2.75, 3.05) is 14.2 Å². The predicted molar refractivity (Wildman–Crippen MR) is 107 cm³/mol. The Kier molecular flexibility index (Phi) is 6.11. The third kappa shape index (κ3) is 4.16. The molecule has 3 aromatic rings. The van der Waals surface area contributed by atoms with E-state index < -0.39 is 0 Å². The number of benzene rings is 2. The molecule has 26 heavy (non-hydrogen) atoms. The lowest BCUT2D eigenvalue weighted by atomic mass is 9.99. The lowest BCUT2D eigenvalue weighted by Crippen LogP contribution is -1.96. The average Bonchev–Trinajstić information content (AvgIpc) is 2.69. The van der Waals surface area contributed by atoms with Crippen LogP contribution in [-0.2, 0) is 19.3 Å². The van der Waals surface area contributed by atoms with Crippen molar-refractivity contribution in [1.82, 2.24) is 4.98 Å². The van der Waals surface area contributed by atoms with E-state index in [4.69, 9.17) is 9.47 Å². The quantitative estimate of drug-likeness (QED) is 0.547. The Morgan fingerprint density at radius 2 is 1.73 bits per heavy atom. The van der Waals surface area contributed by atoms with Crippen LogP contribution in [0.2, 0.25) is 0 Å². The molecule has 0 saturated heterocycles. The lowest BCUT2D eigenvalue weighted by Gasteiger charge is -2.11. The Hall–Kier alpha value is -2.55. The summed E-state index contributed by atoms with van der Waals surface area (Å²) in [7, 11) is 3.46. The van der Waals surface area contributed by atoms with Gasteiger partial charge < -0.3 is 9.47 Å². The molecule has 0 radical (unpaired) electrons. The molecule has 1 aromatic heterocycles. The van der Waals surface area contributed by atoms with Gasteiger partial charge in [0.15, 0.2) is 0 Å². The van der Waals surface area contributed by atoms with Crippen molar-refractivity contribution in [3.63, 3.8) is 0 Å². The van der Waals surface area contributed by atoms with Gasteiger partial charge in [-0.15, -0.1) is 0 Å². The summed E-state index contributed by atoms with van der Waals surface area (Å²) in [5, 5.41) is 1.18. The van der Waals surface area contributed by atoms with Crippen molar-refractivity contribution in [3.8, 4) is 11.5 Å². The van der Waals surface area contributed by atoms with E-state index in [9.17, 15) is 0 Å². The summed E-state index contributed by atoms with van der Waals surface area (Å²) in [6.45, 7) is 2.20. The number of methoxy groups -OCH3 is 2. The Morgan fingerprint density at radius 3 is 2.50 bits per heavy atom. The van der Waals surface area contributed by atoms with Gasteiger partial charge in [0.25, 0.3) is 0 Å². The highest BCUT2D eigenvalue weighted by atomic mass is 16.5. The zero-order valence-electron chi connectivity index (χ0n) is 15.9. The summed E-state index contributed by atoms with van der Waals surface area (Å²) in [6.07, 6.45) is 7.24. The summed E-state index contributed by atoms with van der Waals surface area (Å²) in [6, 6.07) is 14.8. The number of nitrogens with zero attached hydrogens (tertiary/aromatic N) is 1. The van der Waals surface area contributed by atoms with Crippen LogP contribution in [-0.4, -0.2) is 19.2 Å². The van der Waals surface area contributed by atoms with Crippen LogP contribution in [0.25, 0.3) is 10.9 Å². The molecule has 0 fully saturated rings. The molecule has 0 unspecified atom stereocenters. The summed E-state index contributed by atoms with van der Waals surface area (Å²) >= 11 is 0. The number of hydrogen-bond acceptors (Lipinski definition) is 3. The van der Waals surface area contributed by atoms with Gasteiger partial charge in [-0.2, -0.15) is 0 Å². The van der Waals surface area contributed by atoms with Crippen molar-refractivity contribution >= 4 is 10.9 Å². The normalized spacial score (nSPS) is 10.9. The molecule has 0 aliphatic carbocycles. The van der Waals surface area contributed by atoms with E-state index in [1.807, 2.05) is 18.3 Å².